The highest BCUT2D eigenvalue weighted by Crippen LogP contribution is 2.17. The molecule has 6 heteroatoms. The number of hydrogen-bond donors (Lipinski definition) is 2. The second-order valence-electron chi connectivity index (χ2n) is 6.40. The van der Waals surface area contributed by atoms with Crippen LogP contribution in [-0.4, -0.2) is 30.9 Å². The van der Waals surface area contributed by atoms with Gasteiger partial charge in [0.1, 0.15) is 0 Å². The number of amides is 2. The molecule has 142 valence electrons. The molecule has 0 saturated carbocycles. The lowest BCUT2D eigenvalue weighted by molar-refractivity contribution is 0.0527. The predicted molar refractivity (Wildman–Crippen MR) is 104 cm³/mol. The van der Waals surface area contributed by atoms with Gasteiger partial charge in [0.05, 0.1) is 17.9 Å². The van der Waals surface area contributed by atoms with Crippen molar-refractivity contribution in [2.45, 2.75) is 20.8 Å². The Morgan fingerprint density at radius 3 is 2.11 bits per heavy atom. The summed E-state index contributed by atoms with van der Waals surface area (Å²) in [6.07, 6.45) is 0. The van der Waals surface area contributed by atoms with E-state index in [1.165, 1.54) is 0 Å². The van der Waals surface area contributed by atoms with E-state index in [1.54, 1.807) is 55.5 Å². The number of hydrogen-bond acceptors (Lipinski definition) is 4. The first-order valence-corrected chi connectivity index (χ1v) is 8.88. The third kappa shape index (κ3) is 5.67. The van der Waals surface area contributed by atoms with Crippen molar-refractivity contribution >= 4 is 23.5 Å². The molecule has 2 aromatic carbocycles. The summed E-state index contributed by atoms with van der Waals surface area (Å²) in [6, 6.07) is 13.0. The summed E-state index contributed by atoms with van der Waals surface area (Å²) in [6.45, 7) is 6.59. The zero-order valence-electron chi connectivity index (χ0n) is 15.7. The van der Waals surface area contributed by atoms with Crippen molar-refractivity contribution in [3.63, 3.8) is 0 Å². The minimum atomic E-state index is -0.495. The molecular formula is C21H24N2O4. The van der Waals surface area contributed by atoms with Crippen LogP contribution in [-0.2, 0) is 4.74 Å². The van der Waals surface area contributed by atoms with Crippen LogP contribution in [0.4, 0.5) is 5.69 Å². The fourth-order valence-corrected chi connectivity index (χ4v) is 2.35. The van der Waals surface area contributed by atoms with E-state index in [9.17, 15) is 14.4 Å². The van der Waals surface area contributed by atoms with Crippen molar-refractivity contribution in [1.29, 1.82) is 0 Å². The Morgan fingerprint density at radius 2 is 1.52 bits per heavy atom. The van der Waals surface area contributed by atoms with E-state index in [1.807, 2.05) is 13.8 Å². The Morgan fingerprint density at radius 1 is 0.926 bits per heavy atom. The molecule has 0 atom stereocenters. The third-order valence-corrected chi connectivity index (χ3v) is 3.75. The first-order valence-electron chi connectivity index (χ1n) is 8.88. The smallest absolute Gasteiger partial charge is 0.340 e. The standard InChI is InChI=1S/C21H24N2O4/c1-4-27-21(26)17-7-5-6-8-18(17)23-20(25)16-11-9-15(10-12-16)19(24)22-13-14(2)3/h5-12,14H,4,13H2,1-3H3,(H,22,24)(H,23,25). The van der Waals surface area contributed by atoms with E-state index in [0.29, 0.717) is 29.3 Å². The van der Waals surface area contributed by atoms with E-state index in [0.717, 1.165) is 0 Å². The summed E-state index contributed by atoms with van der Waals surface area (Å²) in [5, 5.41) is 5.54. The van der Waals surface area contributed by atoms with Gasteiger partial charge in [-0.2, -0.15) is 0 Å². The van der Waals surface area contributed by atoms with E-state index < -0.39 is 5.97 Å². The number of ether oxygens (including phenoxy) is 1. The van der Waals surface area contributed by atoms with E-state index in [2.05, 4.69) is 10.6 Å². The number of benzene rings is 2. The average Bonchev–Trinajstić information content (AvgIpc) is 2.66. The summed E-state index contributed by atoms with van der Waals surface area (Å²) in [5.41, 5.74) is 1.53. The number of anilines is 1. The molecule has 27 heavy (non-hydrogen) atoms. The Kier molecular flexibility index (Phi) is 7.11. The molecule has 2 aromatic rings. The van der Waals surface area contributed by atoms with Crippen LogP contribution in [0.5, 0.6) is 0 Å². The third-order valence-electron chi connectivity index (χ3n) is 3.75. The molecule has 0 aliphatic rings. The molecule has 0 spiro atoms. The lowest BCUT2D eigenvalue weighted by atomic mass is 10.1. The van der Waals surface area contributed by atoms with Gasteiger partial charge in [-0.15, -0.1) is 0 Å². The molecule has 0 bridgehead atoms. The summed E-state index contributed by atoms with van der Waals surface area (Å²) < 4.78 is 5.00. The Bertz CT molecular complexity index is 813. The molecule has 2 N–H and O–H groups in total. The fraction of sp³-hybridized carbons (Fsp3) is 0.286. The highest BCUT2D eigenvalue weighted by Gasteiger charge is 2.15. The first kappa shape index (κ1) is 20.2. The molecule has 0 aromatic heterocycles. The van der Waals surface area contributed by atoms with Gasteiger partial charge in [0.25, 0.3) is 11.8 Å². The van der Waals surface area contributed by atoms with Crippen molar-refractivity contribution in [1.82, 2.24) is 5.32 Å². The zero-order chi connectivity index (χ0) is 19.8. The molecule has 0 saturated heterocycles. The van der Waals surface area contributed by atoms with Crippen molar-refractivity contribution < 1.29 is 19.1 Å². The van der Waals surface area contributed by atoms with Crippen LogP contribution in [0.2, 0.25) is 0 Å². The summed E-state index contributed by atoms with van der Waals surface area (Å²) >= 11 is 0. The highest BCUT2D eigenvalue weighted by atomic mass is 16.5. The molecule has 0 fully saturated rings. The molecule has 0 heterocycles. The van der Waals surface area contributed by atoms with Crippen LogP contribution in [0, 0.1) is 5.92 Å². The summed E-state index contributed by atoms with van der Waals surface area (Å²) in [5.74, 6) is -0.687. The molecule has 0 radical (unpaired) electrons. The highest BCUT2D eigenvalue weighted by molar-refractivity contribution is 6.08. The normalized spacial score (nSPS) is 10.4. The van der Waals surface area contributed by atoms with Gasteiger partial charge in [-0.1, -0.05) is 26.0 Å². The van der Waals surface area contributed by atoms with Gasteiger partial charge in [0.2, 0.25) is 0 Å². The quantitative estimate of drug-likeness (QED) is 0.733. The van der Waals surface area contributed by atoms with Gasteiger partial charge >= 0.3 is 5.97 Å². The predicted octanol–water partition coefficient (Wildman–Crippen LogP) is 3.50. The van der Waals surface area contributed by atoms with Crippen molar-refractivity contribution in [2.75, 3.05) is 18.5 Å². The maximum atomic E-state index is 12.5. The van der Waals surface area contributed by atoms with Crippen LogP contribution in [0.15, 0.2) is 48.5 Å². The molecule has 0 aliphatic carbocycles. The topological polar surface area (TPSA) is 84.5 Å². The van der Waals surface area contributed by atoms with Gasteiger partial charge in [-0.25, -0.2) is 4.79 Å². The number of esters is 1. The van der Waals surface area contributed by atoms with E-state index >= 15 is 0 Å². The summed E-state index contributed by atoms with van der Waals surface area (Å²) in [7, 11) is 0. The lowest BCUT2D eigenvalue weighted by Crippen LogP contribution is -2.27. The maximum Gasteiger partial charge on any atom is 0.340 e. The van der Waals surface area contributed by atoms with Gasteiger partial charge in [-0.05, 0) is 49.2 Å². The summed E-state index contributed by atoms with van der Waals surface area (Å²) in [4.78, 5) is 36.5. The number of para-hydroxylation sites is 1. The Labute approximate surface area is 158 Å². The molecule has 0 aliphatic heterocycles. The minimum absolute atomic E-state index is 0.177. The number of carbonyl (C=O) groups excluding carboxylic acids is 3. The Balaban J connectivity index is 2.09. The first-order chi connectivity index (χ1) is 12.9. The van der Waals surface area contributed by atoms with Gasteiger partial charge in [0.15, 0.2) is 0 Å². The van der Waals surface area contributed by atoms with Crippen LogP contribution in [0.1, 0.15) is 51.8 Å². The fourth-order valence-electron chi connectivity index (χ4n) is 2.35. The van der Waals surface area contributed by atoms with Gasteiger partial charge in [-0.3, -0.25) is 9.59 Å². The second-order valence-corrected chi connectivity index (χ2v) is 6.40. The van der Waals surface area contributed by atoms with Gasteiger partial charge < -0.3 is 15.4 Å². The molecule has 2 amide bonds. The monoisotopic (exact) mass is 368 g/mol. The number of nitrogens with one attached hydrogen (secondary N) is 2. The van der Waals surface area contributed by atoms with Crippen LogP contribution in [0.25, 0.3) is 0 Å². The number of rotatable bonds is 7. The van der Waals surface area contributed by atoms with Crippen molar-refractivity contribution in [2.24, 2.45) is 5.92 Å². The number of carbonyl (C=O) groups is 3. The maximum absolute atomic E-state index is 12.5. The molecule has 2 rings (SSSR count). The second kappa shape index (κ2) is 9.52. The average molecular weight is 368 g/mol. The molecule has 6 nitrogen and oxygen atoms in total. The van der Waals surface area contributed by atoms with Crippen molar-refractivity contribution in [3.05, 3.63) is 65.2 Å². The SMILES string of the molecule is CCOC(=O)c1ccccc1NC(=O)c1ccc(C(=O)NCC(C)C)cc1. The zero-order valence-corrected chi connectivity index (χ0v) is 15.7. The van der Waals surface area contributed by atoms with Crippen molar-refractivity contribution in [3.8, 4) is 0 Å². The van der Waals surface area contributed by atoms with Crippen LogP contribution < -0.4 is 10.6 Å². The Hall–Kier alpha value is -3.15. The largest absolute Gasteiger partial charge is 0.462 e. The van der Waals surface area contributed by atoms with Gasteiger partial charge in [0, 0.05) is 17.7 Å². The van der Waals surface area contributed by atoms with Crippen LogP contribution in [0.3, 0.4) is 0 Å². The minimum Gasteiger partial charge on any atom is -0.462 e. The molecular weight excluding hydrogens is 344 g/mol. The lowest BCUT2D eigenvalue weighted by Gasteiger charge is -2.11. The van der Waals surface area contributed by atoms with E-state index in [-0.39, 0.29) is 24.0 Å². The molecule has 0 unspecified atom stereocenters. The van der Waals surface area contributed by atoms with Crippen LogP contribution >= 0.6 is 0 Å². The van der Waals surface area contributed by atoms with E-state index in [4.69, 9.17) is 4.74 Å².